The summed E-state index contributed by atoms with van der Waals surface area (Å²) in [6, 6.07) is 9.53. The maximum absolute atomic E-state index is 3.39. The normalized spacial score (nSPS) is 12.7. The fourth-order valence-electron chi connectivity index (χ4n) is 1.87. The smallest absolute Gasteiger partial charge is 0.0317 e. The highest BCUT2D eigenvalue weighted by atomic mass is 14.9. The highest BCUT2D eigenvalue weighted by Crippen LogP contribution is 2.19. The molecule has 1 rings (SSSR count). The van der Waals surface area contributed by atoms with Gasteiger partial charge in [-0.1, -0.05) is 51.0 Å². The Hall–Kier alpha value is -0.820. The molecule has 84 valence electrons. The molecule has 0 heterocycles. The van der Waals surface area contributed by atoms with Crippen LogP contribution in [0.3, 0.4) is 0 Å². The molecule has 0 saturated carbocycles. The minimum absolute atomic E-state index is 0.524. The molecule has 0 aliphatic carbocycles. The lowest BCUT2D eigenvalue weighted by atomic mass is 9.99. The predicted octanol–water partition coefficient (Wildman–Crippen LogP) is 3.70. The number of nitrogens with one attached hydrogen (secondary N) is 1. The largest absolute Gasteiger partial charge is 0.313 e. The Kier molecular flexibility index (Phi) is 5.41. The molecule has 0 aliphatic rings. The molecule has 0 saturated heterocycles. The number of aryl methyl sites for hydroxylation is 1. The molecular weight excluding hydrogens is 182 g/mol. The fraction of sp³-hybridized carbons (Fsp3) is 0.571. The molecule has 1 aromatic carbocycles. The van der Waals surface area contributed by atoms with Gasteiger partial charge in [-0.3, -0.25) is 0 Å². The van der Waals surface area contributed by atoms with Crippen molar-refractivity contribution in [3.8, 4) is 0 Å². The Morgan fingerprint density at radius 1 is 1.13 bits per heavy atom. The number of rotatable bonds is 6. The zero-order valence-corrected chi connectivity index (χ0v) is 10.2. The zero-order valence-electron chi connectivity index (χ0n) is 10.2. The van der Waals surface area contributed by atoms with Crippen LogP contribution in [0.5, 0.6) is 0 Å². The van der Waals surface area contributed by atoms with Gasteiger partial charge < -0.3 is 5.32 Å². The molecule has 15 heavy (non-hydrogen) atoms. The summed E-state index contributed by atoms with van der Waals surface area (Å²) >= 11 is 0. The van der Waals surface area contributed by atoms with Crippen molar-refractivity contribution in [3.63, 3.8) is 0 Å². The van der Waals surface area contributed by atoms with Gasteiger partial charge in [-0.05, 0) is 31.0 Å². The van der Waals surface area contributed by atoms with Gasteiger partial charge in [0.05, 0.1) is 0 Å². The van der Waals surface area contributed by atoms with E-state index in [0.717, 1.165) is 6.42 Å². The van der Waals surface area contributed by atoms with Gasteiger partial charge in [0, 0.05) is 6.04 Å². The summed E-state index contributed by atoms with van der Waals surface area (Å²) in [6.07, 6.45) is 4.92. The van der Waals surface area contributed by atoms with Crippen molar-refractivity contribution in [2.24, 2.45) is 0 Å². The van der Waals surface area contributed by atoms with E-state index in [4.69, 9.17) is 0 Å². The number of hydrogen-bond donors (Lipinski definition) is 1. The van der Waals surface area contributed by atoms with Gasteiger partial charge in [0.15, 0.2) is 0 Å². The molecule has 0 bridgehead atoms. The van der Waals surface area contributed by atoms with Crippen molar-refractivity contribution in [3.05, 3.63) is 35.4 Å². The van der Waals surface area contributed by atoms with E-state index >= 15 is 0 Å². The van der Waals surface area contributed by atoms with Crippen LogP contribution in [-0.4, -0.2) is 7.05 Å². The SMILES string of the molecule is CCCCC(NC)c1ccc(CC)cc1. The summed E-state index contributed by atoms with van der Waals surface area (Å²) in [4.78, 5) is 0. The molecule has 1 nitrogen and oxygen atoms in total. The van der Waals surface area contributed by atoms with Crippen LogP contribution < -0.4 is 5.32 Å². The van der Waals surface area contributed by atoms with E-state index in [0.29, 0.717) is 6.04 Å². The van der Waals surface area contributed by atoms with E-state index in [2.05, 4.69) is 43.4 Å². The number of hydrogen-bond acceptors (Lipinski definition) is 1. The molecule has 0 fully saturated rings. The van der Waals surface area contributed by atoms with E-state index in [1.807, 2.05) is 7.05 Å². The van der Waals surface area contributed by atoms with Gasteiger partial charge in [-0.25, -0.2) is 0 Å². The van der Waals surface area contributed by atoms with Crippen molar-refractivity contribution in [2.75, 3.05) is 7.05 Å². The van der Waals surface area contributed by atoms with Crippen LogP contribution in [0.25, 0.3) is 0 Å². The Labute approximate surface area is 93.9 Å². The molecule has 1 aromatic rings. The lowest BCUT2D eigenvalue weighted by molar-refractivity contribution is 0.523. The molecule has 0 aliphatic heterocycles. The van der Waals surface area contributed by atoms with Gasteiger partial charge in [0.2, 0.25) is 0 Å². The van der Waals surface area contributed by atoms with Gasteiger partial charge >= 0.3 is 0 Å². The standard InChI is InChI=1S/C14H23N/c1-4-6-7-14(15-3)13-10-8-12(5-2)9-11-13/h8-11,14-15H,4-7H2,1-3H3. The van der Waals surface area contributed by atoms with Crippen molar-refractivity contribution < 1.29 is 0 Å². The summed E-state index contributed by atoms with van der Waals surface area (Å²) in [5, 5.41) is 3.39. The van der Waals surface area contributed by atoms with E-state index in [1.165, 1.54) is 30.4 Å². The molecule has 1 N–H and O–H groups in total. The second-order valence-corrected chi connectivity index (χ2v) is 4.08. The molecule has 1 unspecified atom stereocenters. The van der Waals surface area contributed by atoms with Gasteiger partial charge in [0.1, 0.15) is 0 Å². The van der Waals surface area contributed by atoms with E-state index in [-0.39, 0.29) is 0 Å². The maximum Gasteiger partial charge on any atom is 0.0317 e. The molecule has 0 aromatic heterocycles. The number of unbranched alkanes of at least 4 members (excludes halogenated alkanes) is 1. The van der Waals surface area contributed by atoms with Crippen LogP contribution in [0.1, 0.15) is 50.3 Å². The third kappa shape index (κ3) is 3.67. The highest BCUT2D eigenvalue weighted by molar-refractivity contribution is 5.24. The summed E-state index contributed by atoms with van der Waals surface area (Å²) in [6.45, 7) is 4.44. The van der Waals surface area contributed by atoms with Crippen molar-refractivity contribution in [2.45, 2.75) is 45.6 Å². The Morgan fingerprint density at radius 2 is 1.80 bits per heavy atom. The second kappa shape index (κ2) is 6.62. The lowest BCUT2D eigenvalue weighted by Gasteiger charge is -2.16. The topological polar surface area (TPSA) is 12.0 Å². The Balaban J connectivity index is 2.65. The van der Waals surface area contributed by atoms with Gasteiger partial charge in [0.25, 0.3) is 0 Å². The molecule has 0 spiro atoms. The Bertz CT molecular complexity index is 263. The van der Waals surface area contributed by atoms with Gasteiger partial charge in [-0.2, -0.15) is 0 Å². The van der Waals surface area contributed by atoms with Gasteiger partial charge in [-0.15, -0.1) is 0 Å². The first-order valence-electron chi connectivity index (χ1n) is 6.07. The average Bonchev–Trinajstić information content (AvgIpc) is 2.31. The van der Waals surface area contributed by atoms with Crippen LogP contribution in [-0.2, 0) is 6.42 Å². The minimum Gasteiger partial charge on any atom is -0.313 e. The van der Waals surface area contributed by atoms with E-state index < -0.39 is 0 Å². The summed E-state index contributed by atoms with van der Waals surface area (Å²) < 4.78 is 0. The zero-order chi connectivity index (χ0) is 11.1. The predicted molar refractivity (Wildman–Crippen MR) is 67.1 cm³/mol. The van der Waals surface area contributed by atoms with Crippen LogP contribution in [0, 0.1) is 0 Å². The number of benzene rings is 1. The van der Waals surface area contributed by atoms with E-state index in [1.54, 1.807) is 0 Å². The minimum atomic E-state index is 0.524. The van der Waals surface area contributed by atoms with Crippen LogP contribution in [0.2, 0.25) is 0 Å². The Morgan fingerprint density at radius 3 is 2.27 bits per heavy atom. The quantitative estimate of drug-likeness (QED) is 0.746. The highest BCUT2D eigenvalue weighted by Gasteiger charge is 2.07. The van der Waals surface area contributed by atoms with E-state index in [9.17, 15) is 0 Å². The average molecular weight is 205 g/mol. The first-order valence-corrected chi connectivity index (χ1v) is 6.07. The van der Waals surface area contributed by atoms with Crippen LogP contribution in [0.15, 0.2) is 24.3 Å². The fourth-order valence-corrected chi connectivity index (χ4v) is 1.87. The third-order valence-electron chi connectivity index (χ3n) is 2.99. The first-order chi connectivity index (χ1) is 7.31. The first kappa shape index (κ1) is 12.3. The van der Waals surface area contributed by atoms with Crippen molar-refractivity contribution in [1.82, 2.24) is 5.32 Å². The molecule has 0 amide bonds. The summed E-state index contributed by atoms with van der Waals surface area (Å²) in [5.41, 5.74) is 2.84. The molecule has 1 heteroatoms. The van der Waals surface area contributed by atoms with Crippen LogP contribution in [0.4, 0.5) is 0 Å². The summed E-state index contributed by atoms with van der Waals surface area (Å²) in [5.74, 6) is 0. The molecule has 0 radical (unpaired) electrons. The van der Waals surface area contributed by atoms with Crippen LogP contribution >= 0.6 is 0 Å². The maximum atomic E-state index is 3.39. The summed E-state index contributed by atoms with van der Waals surface area (Å²) in [7, 11) is 2.05. The second-order valence-electron chi connectivity index (χ2n) is 4.08. The molecule has 1 atom stereocenters. The third-order valence-corrected chi connectivity index (χ3v) is 2.99. The molecular formula is C14H23N. The van der Waals surface area contributed by atoms with Crippen molar-refractivity contribution in [1.29, 1.82) is 0 Å². The monoisotopic (exact) mass is 205 g/mol. The van der Waals surface area contributed by atoms with Crippen molar-refractivity contribution >= 4 is 0 Å². The lowest BCUT2D eigenvalue weighted by Crippen LogP contribution is -2.16.